The van der Waals surface area contributed by atoms with E-state index in [4.69, 9.17) is 28.2 Å². The number of fused-ring (bicyclic) bond motifs is 1. The highest BCUT2D eigenvalue weighted by Crippen LogP contribution is 2.26. The first kappa shape index (κ1) is 22.7. The van der Waals surface area contributed by atoms with E-state index in [1.54, 1.807) is 22.7 Å². The molecule has 5 rings (SSSR count). The number of piperazine rings is 1. The summed E-state index contributed by atoms with van der Waals surface area (Å²) in [6.45, 7) is 4.49. The predicted octanol–water partition coefficient (Wildman–Crippen LogP) is 5.82. The highest BCUT2D eigenvalue weighted by Gasteiger charge is 2.20. The van der Waals surface area contributed by atoms with Crippen LogP contribution in [0.1, 0.15) is 16.1 Å². The molecule has 4 aromatic rings. The van der Waals surface area contributed by atoms with Crippen LogP contribution >= 0.6 is 23.2 Å². The summed E-state index contributed by atoms with van der Waals surface area (Å²) < 4.78 is 1.78. The third kappa shape index (κ3) is 5.02. The summed E-state index contributed by atoms with van der Waals surface area (Å²) in [6.07, 6.45) is 5.29. The second-order valence-electron chi connectivity index (χ2n) is 8.37. The lowest BCUT2D eigenvalue weighted by Gasteiger charge is -2.34. The van der Waals surface area contributed by atoms with Gasteiger partial charge in [0, 0.05) is 61.8 Å². The first-order chi connectivity index (χ1) is 16.6. The Morgan fingerprint density at radius 3 is 2.32 bits per heavy atom. The highest BCUT2D eigenvalue weighted by molar-refractivity contribution is 6.30. The zero-order valence-corrected chi connectivity index (χ0v) is 20.1. The third-order valence-corrected chi connectivity index (χ3v) is 6.50. The third-order valence-electron chi connectivity index (χ3n) is 6.03. The minimum Gasteiger partial charge on any atom is -0.375 e. The molecule has 1 saturated heterocycles. The lowest BCUT2D eigenvalue weighted by atomic mass is 10.1. The molecule has 0 aliphatic carbocycles. The largest absolute Gasteiger partial charge is 0.375 e. The molecule has 0 unspecified atom stereocenters. The number of hydrogen-bond donors (Lipinski definition) is 0. The van der Waals surface area contributed by atoms with E-state index in [2.05, 4.69) is 21.9 Å². The number of carbonyl (C=O) groups is 1. The quantitative estimate of drug-likeness (QED) is 0.252. The Morgan fingerprint density at radius 2 is 1.59 bits per heavy atom. The van der Waals surface area contributed by atoms with Crippen LogP contribution in [0.3, 0.4) is 0 Å². The maximum absolute atomic E-state index is 13.4. The predicted molar refractivity (Wildman–Crippen MR) is 137 cm³/mol. The number of benzene rings is 2. The lowest BCUT2D eigenvalue weighted by molar-refractivity contribution is 0.103. The fraction of sp³-hybridized carbons (Fsp3) is 0.185. The van der Waals surface area contributed by atoms with Crippen molar-refractivity contribution in [1.29, 1.82) is 0 Å². The van der Waals surface area contributed by atoms with E-state index in [1.165, 1.54) is 5.56 Å². The molecule has 0 N–H and O–H groups in total. The van der Waals surface area contributed by atoms with Crippen molar-refractivity contribution >= 4 is 34.6 Å². The number of rotatable bonds is 6. The van der Waals surface area contributed by atoms with E-state index in [0.717, 1.165) is 43.3 Å². The van der Waals surface area contributed by atoms with Gasteiger partial charge in [-0.05, 0) is 29.8 Å². The first-order valence-electron chi connectivity index (χ1n) is 11.2. The average Bonchev–Trinajstić information content (AvgIpc) is 3.24. The molecular weight excluding hydrogens is 467 g/mol. The van der Waals surface area contributed by atoms with Crippen LogP contribution in [0.15, 0.2) is 85.2 Å². The van der Waals surface area contributed by atoms with Crippen LogP contribution in [0.5, 0.6) is 0 Å². The summed E-state index contributed by atoms with van der Waals surface area (Å²) in [5.74, 6) is -0.0998. The fourth-order valence-electron chi connectivity index (χ4n) is 4.22. The van der Waals surface area contributed by atoms with Gasteiger partial charge < -0.3 is 4.90 Å². The van der Waals surface area contributed by atoms with Crippen LogP contribution in [0.4, 0.5) is 0 Å². The van der Waals surface area contributed by atoms with Gasteiger partial charge in [-0.3, -0.25) is 14.1 Å². The number of aromatic nitrogens is 2. The van der Waals surface area contributed by atoms with Crippen molar-refractivity contribution < 1.29 is 4.79 Å². The Morgan fingerprint density at radius 1 is 0.882 bits per heavy atom. The minimum atomic E-state index is -0.0998. The Labute approximate surface area is 208 Å². The van der Waals surface area contributed by atoms with Gasteiger partial charge in [0.2, 0.25) is 5.78 Å². The molecule has 7 heteroatoms. The molecule has 1 aliphatic heterocycles. The van der Waals surface area contributed by atoms with Crippen molar-refractivity contribution in [1.82, 2.24) is 19.2 Å². The summed E-state index contributed by atoms with van der Waals surface area (Å²) in [4.78, 5) is 22.7. The Balaban J connectivity index is 1.31. The van der Waals surface area contributed by atoms with E-state index in [-0.39, 0.29) is 5.78 Å². The maximum atomic E-state index is 13.4. The van der Waals surface area contributed by atoms with Gasteiger partial charge in [-0.1, -0.05) is 65.7 Å². The van der Waals surface area contributed by atoms with Crippen LogP contribution in [0.2, 0.25) is 10.0 Å². The topological polar surface area (TPSA) is 40.9 Å². The molecule has 3 heterocycles. The van der Waals surface area contributed by atoms with Crippen LogP contribution < -0.4 is 0 Å². The minimum absolute atomic E-state index is 0.0998. The van der Waals surface area contributed by atoms with E-state index < -0.39 is 0 Å². The van der Waals surface area contributed by atoms with Crippen molar-refractivity contribution in [3.63, 3.8) is 0 Å². The van der Waals surface area contributed by atoms with Gasteiger partial charge >= 0.3 is 0 Å². The Bertz CT molecular complexity index is 1320. The smallest absolute Gasteiger partial charge is 0.206 e. The van der Waals surface area contributed by atoms with E-state index >= 15 is 0 Å². The molecule has 1 fully saturated rings. The zero-order chi connectivity index (χ0) is 23.5. The van der Waals surface area contributed by atoms with Crippen molar-refractivity contribution in [3.05, 3.63) is 107 Å². The number of hydrogen-bond acceptors (Lipinski definition) is 4. The standard InChI is InChI=1S/C27H24Cl2N4O/c28-22-8-6-20(7-9-22)18-32-16-14-31(15-17-32)13-12-24(34)27-26(21-4-2-1-3-5-21)30-25-11-10-23(29)19-33(25)27/h1-13,19H,14-18H2. The monoisotopic (exact) mass is 490 g/mol. The van der Waals surface area contributed by atoms with E-state index in [1.807, 2.05) is 54.7 Å². The van der Waals surface area contributed by atoms with Crippen LogP contribution in [0, 0.1) is 0 Å². The summed E-state index contributed by atoms with van der Waals surface area (Å²) in [7, 11) is 0. The maximum Gasteiger partial charge on any atom is 0.206 e. The number of ketones is 1. The molecule has 0 radical (unpaired) electrons. The van der Waals surface area contributed by atoms with Gasteiger partial charge in [-0.2, -0.15) is 0 Å². The van der Waals surface area contributed by atoms with Crippen LogP contribution in [-0.4, -0.2) is 51.1 Å². The van der Waals surface area contributed by atoms with Crippen molar-refractivity contribution in [3.8, 4) is 11.3 Å². The molecule has 0 atom stereocenters. The van der Waals surface area contributed by atoms with Crippen molar-refractivity contribution in [2.45, 2.75) is 6.54 Å². The van der Waals surface area contributed by atoms with Gasteiger partial charge in [0.1, 0.15) is 17.0 Å². The van der Waals surface area contributed by atoms with Gasteiger partial charge in [-0.25, -0.2) is 4.98 Å². The Hall–Kier alpha value is -3.12. The number of pyridine rings is 1. The SMILES string of the molecule is O=C(C=CN1CCN(Cc2ccc(Cl)cc2)CC1)c1c(-c2ccccc2)nc2ccc(Cl)cn12. The molecule has 0 amide bonds. The molecule has 0 bridgehead atoms. The molecule has 2 aromatic carbocycles. The molecular formula is C27H24Cl2N4O. The van der Waals surface area contributed by atoms with E-state index in [9.17, 15) is 4.79 Å². The molecule has 2 aromatic heterocycles. The Kier molecular flexibility index (Phi) is 6.68. The van der Waals surface area contributed by atoms with Gasteiger partial charge in [0.25, 0.3) is 0 Å². The number of halogens is 2. The van der Waals surface area contributed by atoms with Gasteiger partial charge in [-0.15, -0.1) is 0 Å². The number of allylic oxidation sites excluding steroid dienone is 1. The van der Waals surface area contributed by atoms with Crippen molar-refractivity contribution in [2.24, 2.45) is 0 Å². The first-order valence-corrected chi connectivity index (χ1v) is 12.0. The second-order valence-corrected chi connectivity index (χ2v) is 9.24. The fourth-order valence-corrected chi connectivity index (χ4v) is 4.51. The van der Waals surface area contributed by atoms with Crippen molar-refractivity contribution in [2.75, 3.05) is 26.2 Å². The van der Waals surface area contributed by atoms with Crippen LogP contribution in [0.25, 0.3) is 16.9 Å². The highest BCUT2D eigenvalue weighted by atomic mass is 35.5. The summed E-state index contributed by atoms with van der Waals surface area (Å²) in [5, 5.41) is 1.31. The number of carbonyl (C=O) groups excluding carboxylic acids is 1. The molecule has 1 aliphatic rings. The number of nitrogens with zero attached hydrogens (tertiary/aromatic N) is 4. The molecule has 0 saturated carbocycles. The van der Waals surface area contributed by atoms with Crippen LogP contribution in [-0.2, 0) is 6.54 Å². The zero-order valence-electron chi connectivity index (χ0n) is 18.6. The molecule has 5 nitrogen and oxygen atoms in total. The molecule has 0 spiro atoms. The van der Waals surface area contributed by atoms with Gasteiger partial charge in [0.05, 0.1) is 5.02 Å². The average molecular weight is 491 g/mol. The number of imidazole rings is 1. The van der Waals surface area contributed by atoms with E-state index in [0.29, 0.717) is 22.1 Å². The molecule has 34 heavy (non-hydrogen) atoms. The summed E-state index contributed by atoms with van der Waals surface area (Å²) in [6, 6.07) is 21.4. The molecule has 172 valence electrons. The lowest BCUT2D eigenvalue weighted by Crippen LogP contribution is -2.43. The summed E-state index contributed by atoms with van der Waals surface area (Å²) >= 11 is 12.2. The van der Waals surface area contributed by atoms with Gasteiger partial charge in [0.15, 0.2) is 0 Å². The normalized spacial score (nSPS) is 14.8. The second kappa shape index (κ2) is 10.0. The summed E-state index contributed by atoms with van der Waals surface area (Å²) in [5.41, 5.74) is 4.01.